The Kier molecular flexibility index (Phi) is 5.25. The number of anilines is 1. The van der Waals surface area contributed by atoms with Gasteiger partial charge in [0.15, 0.2) is 0 Å². The van der Waals surface area contributed by atoms with Crippen molar-refractivity contribution < 1.29 is 9.59 Å². The van der Waals surface area contributed by atoms with Crippen LogP contribution in [0.3, 0.4) is 0 Å². The fourth-order valence-corrected chi connectivity index (χ4v) is 1.40. The minimum absolute atomic E-state index is 0.0694. The molecular weight excluding hydrogens is 246 g/mol. The van der Waals surface area contributed by atoms with Crippen LogP contribution in [-0.4, -0.2) is 30.4 Å². The molecule has 7 nitrogen and oxygen atoms in total. The van der Waals surface area contributed by atoms with Gasteiger partial charge in [-0.05, 0) is 18.1 Å². The van der Waals surface area contributed by atoms with Gasteiger partial charge in [0.05, 0.1) is 6.54 Å². The van der Waals surface area contributed by atoms with Crippen LogP contribution in [0.5, 0.6) is 0 Å². The van der Waals surface area contributed by atoms with Gasteiger partial charge in [0, 0.05) is 18.3 Å². The number of nitrogen functional groups attached to an aromatic ring is 1. The van der Waals surface area contributed by atoms with Crippen LogP contribution in [0.1, 0.15) is 35.8 Å². The average molecular weight is 265 g/mol. The van der Waals surface area contributed by atoms with Gasteiger partial charge < -0.3 is 16.1 Å². The molecule has 0 aromatic carbocycles. The molecule has 0 unspecified atom stereocenters. The minimum atomic E-state index is -0.343. The second kappa shape index (κ2) is 6.69. The number of nitrogens with zero attached hydrogens (tertiary/aromatic N) is 1. The number of rotatable bonds is 5. The molecule has 1 heterocycles. The summed E-state index contributed by atoms with van der Waals surface area (Å²) in [5, 5.41) is 4.95. The van der Waals surface area contributed by atoms with Crippen LogP contribution in [0, 0.1) is 0 Å². The molecule has 104 valence electrons. The maximum atomic E-state index is 11.9. The smallest absolute Gasteiger partial charge is 0.251 e. The Hall–Kier alpha value is -2.15. The van der Waals surface area contributed by atoms with Crippen LogP contribution in [0.25, 0.3) is 0 Å². The third-order valence-corrected chi connectivity index (χ3v) is 2.54. The average Bonchev–Trinajstić information content (AvgIpc) is 2.43. The molecule has 0 saturated heterocycles. The molecule has 1 rings (SSSR count). The van der Waals surface area contributed by atoms with E-state index in [1.807, 2.05) is 13.8 Å². The molecule has 0 aliphatic heterocycles. The van der Waals surface area contributed by atoms with Crippen LogP contribution in [-0.2, 0) is 4.79 Å². The number of nitrogens with two attached hydrogens (primary N) is 1. The molecule has 0 fully saturated rings. The predicted molar refractivity (Wildman–Crippen MR) is 72.5 cm³/mol. The van der Waals surface area contributed by atoms with Crippen LogP contribution in [0.15, 0.2) is 12.1 Å². The second-order valence-corrected chi connectivity index (χ2v) is 4.32. The lowest BCUT2D eigenvalue weighted by Gasteiger charge is -2.11. The summed E-state index contributed by atoms with van der Waals surface area (Å²) in [6.07, 6.45) is 0. The normalized spacial score (nSPS) is 10.2. The third kappa shape index (κ3) is 4.22. The lowest BCUT2D eigenvalue weighted by molar-refractivity contribution is -0.119. The predicted octanol–water partition coefficient (Wildman–Crippen LogP) is -0.0336. The van der Waals surface area contributed by atoms with E-state index in [0.717, 1.165) is 5.69 Å². The Morgan fingerprint density at radius 3 is 2.58 bits per heavy atom. The molecule has 5 N–H and O–H groups in total. The number of likely N-dealkylation sites (N-methyl/N-ethyl adjacent to an activating group) is 1. The van der Waals surface area contributed by atoms with Gasteiger partial charge in [-0.3, -0.25) is 9.59 Å². The molecule has 0 spiro atoms. The van der Waals surface area contributed by atoms with E-state index in [2.05, 4.69) is 21.0 Å². The van der Waals surface area contributed by atoms with E-state index >= 15 is 0 Å². The van der Waals surface area contributed by atoms with E-state index in [0.29, 0.717) is 11.4 Å². The van der Waals surface area contributed by atoms with E-state index < -0.39 is 0 Å². The lowest BCUT2D eigenvalue weighted by Crippen LogP contribution is -2.35. The number of amides is 2. The summed E-state index contributed by atoms with van der Waals surface area (Å²) in [5.74, 6) is 5.30. The first-order chi connectivity index (χ1) is 8.97. The molecule has 0 atom stereocenters. The largest absolute Gasteiger partial charge is 0.358 e. The van der Waals surface area contributed by atoms with Crippen molar-refractivity contribution in [3.63, 3.8) is 0 Å². The van der Waals surface area contributed by atoms with Crippen molar-refractivity contribution in [3.8, 4) is 0 Å². The van der Waals surface area contributed by atoms with Crippen molar-refractivity contribution in [2.45, 2.75) is 19.8 Å². The molecule has 19 heavy (non-hydrogen) atoms. The summed E-state index contributed by atoms with van der Waals surface area (Å²) in [7, 11) is 1.51. The molecule has 1 aromatic rings. The number of aromatic nitrogens is 1. The Labute approximate surface area is 111 Å². The summed E-state index contributed by atoms with van der Waals surface area (Å²) in [5.41, 5.74) is 3.59. The number of hydrogen-bond acceptors (Lipinski definition) is 5. The topological polar surface area (TPSA) is 109 Å². The second-order valence-electron chi connectivity index (χ2n) is 4.32. The fourth-order valence-electron chi connectivity index (χ4n) is 1.40. The maximum absolute atomic E-state index is 11.9. The fraction of sp³-hybridized carbons (Fsp3) is 0.417. The standard InChI is InChI=1S/C12H19N5O2/c1-7(2)9-4-8(5-10(16-9)17-13)12(19)15-6-11(18)14-3/h4-5,7H,6,13H2,1-3H3,(H,14,18)(H,15,19)(H,16,17). The number of carbonyl (C=O) groups is 2. The molecular formula is C12H19N5O2. The van der Waals surface area contributed by atoms with Gasteiger partial charge in [0.25, 0.3) is 5.91 Å². The highest BCUT2D eigenvalue weighted by atomic mass is 16.2. The quantitative estimate of drug-likeness (QED) is 0.441. The van der Waals surface area contributed by atoms with Crippen LogP contribution in [0.2, 0.25) is 0 Å². The SMILES string of the molecule is CNC(=O)CNC(=O)c1cc(NN)nc(C(C)C)c1. The minimum Gasteiger partial charge on any atom is -0.358 e. The first-order valence-electron chi connectivity index (χ1n) is 5.95. The van der Waals surface area contributed by atoms with Gasteiger partial charge in [-0.15, -0.1) is 0 Å². The summed E-state index contributed by atoms with van der Waals surface area (Å²) in [6, 6.07) is 3.22. The summed E-state index contributed by atoms with van der Waals surface area (Å²) in [4.78, 5) is 27.2. The Balaban J connectivity index is 2.89. The number of carbonyl (C=O) groups excluding carboxylic acids is 2. The molecule has 0 radical (unpaired) electrons. The molecule has 0 aliphatic carbocycles. The van der Waals surface area contributed by atoms with E-state index in [4.69, 9.17) is 5.84 Å². The van der Waals surface area contributed by atoms with Gasteiger partial charge in [0.2, 0.25) is 5.91 Å². The Morgan fingerprint density at radius 2 is 2.05 bits per heavy atom. The Bertz CT molecular complexity index is 473. The molecule has 1 aromatic heterocycles. The maximum Gasteiger partial charge on any atom is 0.251 e. The van der Waals surface area contributed by atoms with Gasteiger partial charge in [-0.25, -0.2) is 10.8 Å². The highest BCUT2D eigenvalue weighted by Crippen LogP contribution is 2.17. The zero-order chi connectivity index (χ0) is 14.4. The van der Waals surface area contributed by atoms with Crippen molar-refractivity contribution in [1.29, 1.82) is 0 Å². The highest BCUT2D eigenvalue weighted by Gasteiger charge is 2.12. The molecule has 7 heteroatoms. The van der Waals surface area contributed by atoms with E-state index in [-0.39, 0.29) is 24.3 Å². The molecule has 0 bridgehead atoms. The first-order valence-corrected chi connectivity index (χ1v) is 5.95. The summed E-state index contributed by atoms with van der Waals surface area (Å²) < 4.78 is 0. The van der Waals surface area contributed by atoms with Crippen LogP contribution < -0.4 is 21.9 Å². The highest BCUT2D eigenvalue weighted by molar-refractivity contribution is 5.97. The first kappa shape index (κ1) is 14.9. The zero-order valence-corrected chi connectivity index (χ0v) is 11.3. The summed E-state index contributed by atoms with van der Waals surface area (Å²) >= 11 is 0. The number of hydrazine groups is 1. The van der Waals surface area contributed by atoms with E-state index in [1.165, 1.54) is 13.1 Å². The monoisotopic (exact) mass is 265 g/mol. The number of pyridine rings is 1. The van der Waals surface area contributed by atoms with E-state index in [9.17, 15) is 9.59 Å². The Morgan fingerprint density at radius 1 is 1.37 bits per heavy atom. The number of hydrogen-bond donors (Lipinski definition) is 4. The molecule has 0 aliphatic rings. The van der Waals surface area contributed by atoms with Gasteiger partial charge in [0.1, 0.15) is 5.82 Å². The van der Waals surface area contributed by atoms with Crippen molar-refractivity contribution in [3.05, 3.63) is 23.4 Å². The van der Waals surface area contributed by atoms with Crippen molar-refractivity contribution >= 4 is 17.6 Å². The number of nitrogens with one attached hydrogen (secondary N) is 3. The van der Waals surface area contributed by atoms with E-state index in [1.54, 1.807) is 6.07 Å². The van der Waals surface area contributed by atoms with Crippen LogP contribution in [0.4, 0.5) is 5.82 Å². The molecule has 2 amide bonds. The van der Waals surface area contributed by atoms with Crippen LogP contribution >= 0.6 is 0 Å². The third-order valence-electron chi connectivity index (χ3n) is 2.54. The van der Waals surface area contributed by atoms with Gasteiger partial charge in [-0.1, -0.05) is 13.8 Å². The van der Waals surface area contributed by atoms with Gasteiger partial charge in [-0.2, -0.15) is 0 Å². The van der Waals surface area contributed by atoms with Crippen molar-refractivity contribution in [2.75, 3.05) is 19.0 Å². The molecule has 0 saturated carbocycles. The summed E-state index contributed by atoms with van der Waals surface area (Å²) in [6.45, 7) is 3.86. The lowest BCUT2D eigenvalue weighted by atomic mass is 10.1. The van der Waals surface area contributed by atoms with Crippen molar-refractivity contribution in [1.82, 2.24) is 15.6 Å². The van der Waals surface area contributed by atoms with Gasteiger partial charge >= 0.3 is 0 Å². The zero-order valence-electron chi connectivity index (χ0n) is 11.3. The van der Waals surface area contributed by atoms with Crippen molar-refractivity contribution in [2.24, 2.45) is 5.84 Å².